The van der Waals surface area contributed by atoms with E-state index in [9.17, 15) is 14.7 Å². The van der Waals surface area contributed by atoms with Crippen molar-refractivity contribution in [1.82, 2.24) is 19.7 Å². The fourth-order valence-corrected chi connectivity index (χ4v) is 6.11. The number of hydrogen-bond acceptors (Lipinski definition) is 5. The van der Waals surface area contributed by atoms with E-state index in [0.29, 0.717) is 19.6 Å². The number of likely N-dealkylation sites (tertiary alicyclic amines) is 2. The van der Waals surface area contributed by atoms with Gasteiger partial charge in [0.25, 0.3) is 0 Å². The number of carbonyl (C=O) groups excluding carboxylic acids is 2. The van der Waals surface area contributed by atoms with Gasteiger partial charge in [-0.05, 0) is 57.1 Å². The SMILES string of the molecule is O=C(N1CCN(c2ccccn2)CC1)N1CCC[C@@]2(CCN([C@H]3CC[C@H](O)CC3)C2=O)C1. The Balaban J connectivity index is 1.19. The number of piperidine rings is 1. The molecule has 1 atom stereocenters. The van der Waals surface area contributed by atoms with Gasteiger partial charge in [-0.25, -0.2) is 9.78 Å². The Bertz CT molecular complexity index is 820. The van der Waals surface area contributed by atoms with Crippen LogP contribution in [0.25, 0.3) is 0 Å². The highest BCUT2D eigenvalue weighted by atomic mass is 16.3. The molecule has 4 fully saturated rings. The second-order valence-electron chi connectivity index (χ2n) is 9.96. The Morgan fingerprint density at radius 3 is 2.47 bits per heavy atom. The summed E-state index contributed by atoms with van der Waals surface area (Å²) in [6.45, 7) is 5.02. The molecule has 0 bridgehead atoms. The van der Waals surface area contributed by atoms with Crippen molar-refractivity contribution in [2.24, 2.45) is 5.41 Å². The minimum absolute atomic E-state index is 0.0804. The molecule has 1 spiro atoms. The Morgan fingerprint density at radius 1 is 0.969 bits per heavy atom. The number of carbonyl (C=O) groups is 2. The van der Waals surface area contributed by atoms with Gasteiger partial charge in [0, 0.05) is 58.1 Å². The molecular formula is C24H35N5O3. The first-order valence-corrected chi connectivity index (χ1v) is 12.2. The van der Waals surface area contributed by atoms with Gasteiger partial charge in [0.2, 0.25) is 5.91 Å². The fraction of sp³-hybridized carbons (Fsp3) is 0.708. The van der Waals surface area contributed by atoms with Crippen molar-refractivity contribution in [2.45, 2.75) is 57.1 Å². The van der Waals surface area contributed by atoms with Crippen LogP contribution in [-0.2, 0) is 4.79 Å². The van der Waals surface area contributed by atoms with Gasteiger partial charge < -0.3 is 24.7 Å². The quantitative estimate of drug-likeness (QED) is 0.759. The normalized spacial score (nSPS) is 31.5. The molecule has 4 heterocycles. The second-order valence-corrected chi connectivity index (χ2v) is 9.96. The molecule has 3 amide bonds. The van der Waals surface area contributed by atoms with Crippen LogP contribution in [0.1, 0.15) is 44.9 Å². The summed E-state index contributed by atoms with van der Waals surface area (Å²) in [6.07, 6.45) is 7.58. The average molecular weight is 442 g/mol. The van der Waals surface area contributed by atoms with Crippen LogP contribution in [0.5, 0.6) is 0 Å². The third-order valence-corrected chi connectivity index (χ3v) is 8.02. The van der Waals surface area contributed by atoms with Crippen LogP contribution >= 0.6 is 0 Å². The number of urea groups is 1. The summed E-state index contributed by atoms with van der Waals surface area (Å²) in [7, 11) is 0. The summed E-state index contributed by atoms with van der Waals surface area (Å²) in [5.41, 5.74) is -0.403. The molecule has 1 aromatic heterocycles. The molecule has 1 saturated carbocycles. The van der Waals surface area contributed by atoms with Gasteiger partial charge >= 0.3 is 6.03 Å². The van der Waals surface area contributed by atoms with E-state index in [1.165, 1.54) is 0 Å². The number of anilines is 1. The van der Waals surface area contributed by atoms with Gasteiger partial charge in [-0.15, -0.1) is 0 Å². The van der Waals surface area contributed by atoms with Crippen LogP contribution in [0, 0.1) is 5.41 Å². The van der Waals surface area contributed by atoms with Crippen LogP contribution in [0.4, 0.5) is 10.6 Å². The highest BCUT2D eigenvalue weighted by Gasteiger charge is 2.51. The first kappa shape index (κ1) is 21.5. The van der Waals surface area contributed by atoms with E-state index < -0.39 is 5.41 Å². The molecule has 3 aliphatic heterocycles. The molecular weight excluding hydrogens is 406 g/mol. The molecule has 8 heteroatoms. The maximum absolute atomic E-state index is 13.5. The topological polar surface area (TPSA) is 80.2 Å². The Hall–Kier alpha value is -2.35. The zero-order chi connectivity index (χ0) is 22.1. The summed E-state index contributed by atoms with van der Waals surface area (Å²) in [6, 6.07) is 6.26. The maximum Gasteiger partial charge on any atom is 0.320 e. The largest absolute Gasteiger partial charge is 0.393 e. The number of piperazine rings is 1. The first-order chi connectivity index (χ1) is 15.6. The van der Waals surface area contributed by atoms with Crippen molar-refractivity contribution in [2.75, 3.05) is 50.7 Å². The summed E-state index contributed by atoms with van der Waals surface area (Å²) >= 11 is 0. The summed E-state index contributed by atoms with van der Waals surface area (Å²) in [5.74, 6) is 1.21. The molecule has 3 saturated heterocycles. The number of nitrogens with zero attached hydrogens (tertiary/aromatic N) is 5. The summed E-state index contributed by atoms with van der Waals surface area (Å²) < 4.78 is 0. The van der Waals surface area contributed by atoms with E-state index >= 15 is 0 Å². The molecule has 8 nitrogen and oxygen atoms in total. The van der Waals surface area contributed by atoms with Crippen molar-refractivity contribution in [3.63, 3.8) is 0 Å². The van der Waals surface area contributed by atoms with E-state index in [0.717, 1.165) is 76.9 Å². The minimum atomic E-state index is -0.403. The van der Waals surface area contributed by atoms with Crippen LogP contribution in [0.2, 0.25) is 0 Å². The molecule has 5 rings (SSSR count). The van der Waals surface area contributed by atoms with Crippen molar-refractivity contribution >= 4 is 17.8 Å². The minimum Gasteiger partial charge on any atom is -0.393 e. The van der Waals surface area contributed by atoms with Gasteiger partial charge in [0.05, 0.1) is 11.5 Å². The number of aromatic nitrogens is 1. The predicted molar refractivity (Wildman–Crippen MR) is 121 cm³/mol. The summed E-state index contributed by atoms with van der Waals surface area (Å²) in [5, 5.41) is 9.82. The van der Waals surface area contributed by atoms with Gasteiger partial charge in [0.1, 0.15) is 5.82 Å². The first-order valence-electron chi connectivity index (χ1n) is 12.2. The van der Waals surface area contributed by atoms with E-state index in [1.54, 1.807) is 6.20 Å². The van der Waals surface area contributed by atoms with Crippen molar-refractivity contribution in [3.05, 3.63) is 24.4 Å². The molecule has 0 radical (unpaired) electrons. The third kappa shape index (κ3) is 4.05. The highest BCUT2D eigenvalue weighted by molar-refractivity contribution is 5.86. The third-order valence-electron chi connectivity index (χ3n) is 8.02. The molecule has 32 heavy (non-hydrogen) atoms. The van der Waals surface area contributed by atoms with Crippen LogP contribution < -0.4 is 4.90 Å². The Morgan fingerprint density at radius 2 is 1.75 bits per heavy atom. The number of amides is 3. The van der Waals surface area contributed by atoms with Crippen molar-refractivity contribution in [3.8, 4) is 0 Å². The molecule has 4 aliphatic rings. The zero-order valence-corrected chi connectivity index (χ0v) is 18.9. The lowest BCUT2D eigenvalue weighted by Gasteiger charge is -2.43. The lowest BCUT2D eigenvalue weighted by Crippen LogP contribution is -2.57. The van der Waals surface area contributed by atoms with Crippen LogP contribution in [0.3, 0.4) is 0 Å². The van der Waals surface area contributed by atoms with E-state index in [2.05, 4.69) is 14.8 Å². The lowest BCUT2D eigenvalue weighted by atomic mass is 9.78. The predicted octanol–water partition coefficient (Wildman–Crippen LogP) is 1.94. The van der Waals surface area contributed by atoms with Crippen LogP contribution in [-0.4, -0.2) is 94.7 Å². The summed E-state index contributed by atoms with van der Waals surface area (Å²) in [4.78, 5) is 39.4. The van der Waals surface area contributed by atoms with Gasteiger partial charge in [-0.2, -0.15) is 0 Å². The Kier molecular flexibility index (Phi) is 5.97. The van der Waals surface area contributed by atoms with E-state index in [1.807, 2.05) is 28.0 Å². The highest BCUT2D eigenvalue weighted by Crippen LogP contribution is 2.42. The van der Waals surface area contributed by atoms with E-state index in [-0.39, 0.29) is 24.1 Å². The van der Waals surface area contributed by atoms with Crippen molar-refractivity contribution in [1.29, 1.82) is 0 Å². The molecule has 1 N–H and O–H groups in total. The number of aliphatic hydroxyl groups excluding tert-OH is 1. The monoisotopic (exact) mass is 441 g/mol. The molecule has 1 aromatic rings. The maximum atomic E-state index is 13.5. The van der Waals surface area contributed by atoms with Gasteiger partial charge in [-0.1, -0.05) is 6.07 Å². The fourth-order valence-electron chi connectivity index (χ4n) is 6.11. The van der Waals surface area contributed by atoms with Gasteiger partial charge in [0.15, 0.2) is 0 Å². The second kappa shape index (κ2) is 8.89. The van der Waals surface area contributed by atoms with Gasteiger partial charge in [-0.3, -0.25) is 4.79 Å². The standard InChI is InChI=1S/C24H35N5O3/c30-20-7-5-19(6-8-20)29-13-10-24(22(29)31)9-3-12-28(18-24)23(32)27-16-14-26(15-17-27)21-4-1-2-11-25-21/h1-2,4,11,19-20,30H,3,5-10,12-18H2/t19-,20-,24-/m1/s1. The Labute approximate surface area is 190 Å². The lowest BCUT2D eigenvalue weighted by molar-refractivity contribution is -0.141. The molecule has 0 aromatic carbocycles. The van der Waals surface area contributed by atoms with Crippen molar-refractivity contribution < 1.29 is 14.7 Å². The number of hydrogen-bond donors (Lipinski definition) is 1. The zero-order valence-electron chi connectivity index (χ0n) is 18.9. The molecule has 1 aliphatic carbocycles. The average Bonchev–Trinajstić information content (AvgIpc) is 3.15. The van der Waals surface area contributed by atoms with Crippen LogP contribution in [0.15, 0.2) is 24.4 Å². The van der Waals surface area contributed by atoms with E-state index in [4.69, 9.17) is 0 Å². The number of rotatable bonds is 2. The number of pyridine rings is 1. The smallest absolute Gasteiger partial charge is 0.320 e. The number of aliphatic hydroxyl groups is 1. The molecule has 174 valence electrons. The molecule has 0 unspecified atom stereocenters.